The van der Waals surface area contributed by atoms with Crippen molar-refractivity contribution < 1.29 is 4.74 Å². The maximum absolute atomic E-state index is 5.25. The molecular formula is C7H13N5OS. The molecule has 78 valence electrons. The summed E-state index contributed by atoms with van der Waals surface area (Å²) in [6.45, 7) is 4.13. The van der Waals surface area contributed by atoms with Crippen LogP contribution in [0, 0.1) is 4.77 Å². The van der Waals surface area contributed by atoms with Gasteiger partial charge in [-0.3, -0.25) is 4.90 Å². The van der Waals surface area contributed by atoms with E-state index in [4.69, 9.17) is 17.0 Å². The van der Waals surface area contributed by atoms with Crippen molar-refractivity contribution in [1.29, 1.82) is 0 Å². The Morgan fingerprint density at radius 1 is 1.36 bits per heavy atom. The van der Waals surface area contributed by atoms with E-state index < -0.39 is 0 Å². The molecule has 1 aromatic heterocycles. The average Bonchev–Trinajstić information content (AvgIpc) is 2.52. The van der Waals surface area contributed by atoms with Crippen molar-refractivity contribution in [2.45, 2.75) is 6.67 Å². The summed E-state index contributed by atoms with van der Waals surface area (Å²) in [6, 6.07) is 0. The van der Waals surface area contributed by atoms with Gasteiger partial charge in [0.25, 0.3) is 0 Å². The van der Waals surface area contributed by atoms with Gasteiger partial charge in [-0.15, -0.1) is 0 Å². The molecule has 2 heterocycles. The zero-order valence-electron chi connectivity index (χ0n) is 8.09. The summed E-state index contributed by atoms with van der Waals surface area (Å²) >= 11 is 5.14. The fourth-order valence-corrected chi connectivity index (χ4v) is 1.50. The zero-order chi connectivity index (χ0) is 9.97. The molecule has 0 bridgehead atoms. The van der Waals surface area contributed by atoms with Crippen LogP contribution in [-0.4, -0.2) is 51.0 Å². The quantitative estimate of drug-likeness (QED) is 0.630. The van der Waals surface area contributed by atoms with Gasteiger partial charge in [-0.2, -0.15) is 0 Å². The number of rotatable bonds is 2. The lowest BCUT2D eigenvalue weighted by atomic mass is 10.4. The van der Waals surface area contributed by atoms with Crippen molar-refractivity contribution in [1.82, 2.24) is 24.7 Å². The predicted octanol–water partition coefficient (Wildman–Crippen LogP) is -0.364. The van der Waals surface area contributed by atoms with Gasteiger partial charge in [0.05, 0.1) is 19.9 Å². The van der Waals surface area contributed by atoms with E-state index in [-0.39, 0.29) is 0 Å². The van der Waals surface area contributed by atoms with E-state index >= 15 is 0 Å². The average molecular weight is 215 g/mol. The Kier molecular flexibility index (Phi) is 2.90. The number of morpholine rings is 1. The van der Waals surface area contributed by atoms with Gasteiger partial charge < -0.3 is 4.74 Å². The summed E-state index contributed by atoms with van der Waals surface area (Å²) in [4.78, 5) is 2.24. The number of aryl methyl sites for hydroxylation is 1. The van der Waals surface area contributed by atoms with Crippen LogP contribution in [0.4, 0.5) is 0 Å². The maximum atomic E-state index is 5.25. The Bertz CT molecular complexity index is 353. The van der Waals surface area contributed by atoms with Gasteiger partial charge in [0, 0.05) is 20.1 Å². The number of ether oxygens (including phenoxy) is 1. The minimum atomic E-state index is 0.650. The highest BCUT2D eigenvalue weighted by Gasteiger charge is 2.11. The summed E-state index contributed by atoms with van der Waals surface area (Å²) < 4.78 is 9.22. The minimum absolute atomic E-state index is 0.650. The third-order valence-electron chi connectivity index (χ3n) is 2.22. The predicted molar refractivity (Wildman–Crippen MR) is 52.2 cm³/mol. The molecule has 0 amide bonds. The number of aromatic nitrogens is 4. The van der Waals surface area contributed by atoms with Crippen LogP contribution < -0.4 is 0 Å². The third kappa shape index (κ3) is 1.99. The van der Waals surface area contributed by atoms with Gasteiger partial charge in [0.15, 0.2) is 0 Å². The largest absolute Gasteiger partial charge is 0.379 e. The standard InChI is InChI=1S/C7H13N5OS/c1-10-7(14)12(9-8-10)6-11-2-4-13-5-3-11/h2-6H2,1H3. The first-order valence-corrected chi connectivity index (χ1v) is 4.95. The third-order valence-corrected chi connectivity index (χ3v) is 2.69. The number of hydrogen-bond donors (Lipinski definition) is 0. The molecule has 1 fully saturated rings. The molecule has 14 heavy (non-hydrogen) atoms. The molecule has 1 aliphatic heterocycles. The molecule has 2 rings (SSSR count). The van der Waals surface area contributed by atoms with Crippen LogP contribution >= 0.6 is 12.2 Å². The molecule has 0 aliphatic carbocycles. The van der Waals surface area contributed by atoms with Crippen molar-refractivity contribution in [3.63, 3.8) is 0 Å². The topological polar surface area (TPSA) is 48.1 Å². The number of tetrazole rings is 1. The first-order chi connectivity index (χ1) is 6.77. The van der Waals surface area contributed by atoms with Gasteiger partial charge in [-0.05, 0) is 22.6 Å². The minimum Gasteiger partial charge on any atom is -0.379 e. The van der Waals surface area contributed by atoms with Crippen molar-refractivity contribution in [2.24, 2.45) is 7.05 Å². The van der Waals surface area contributed by atoms with E-state index in [1.165, 1.54) is 0 Å². The molecule has 0 saturated carbocycles. The maximum Gasteiger partial charge on any atom is 0.216 e. The van der Waals surface area contributed by atoms with Crippen LogP contribution in [0.3, 0.4) is 0 Å². The molecule has 7 heteroatoms. The second-order valence-electron chi connectivity index (χ2n) is 3.26. The van der Waals surface area contributed by atoms with Crippen molar-refractivity contribution in [3.05, 3.63) is 4.77 Å². The highest BCUT2D eigenvalue weighted by atomic mass is 32.1. The van der Waals surface area contributed by atoms with Crippen LogP contribution in [0.2, 0.25) is 0 Å². The molecular weight excluding hydrogens is 202 g/mol. The van der Waals surface area contributed by atoms with Crippen LogP contribution in [-0.2, 0) is 18.5 Å². The Labute approximate surface area is 87.0 Å². The van der Waals surface area contributed by atoms with Gasteiger partial charge in [0.1, 0.15) is 0 Å². The summed E-state index contributed by atoms with van der Waals surface area (Å²) in [5.41, 5.74) is 0. The summed E-state index contributed by atoms with van der Waals surface area (Å²) in [6.07, 6.45) is 0. The van der Waals surface area contributed by atoms with Crippen LogP contribution in [0.25, 0.3) is 0 Å². The molecule has 0 N–H and O–H groups in total. The molecule has 1 aliphatic rings. The lowest BCUT2D eigenvalue weighted by Crippen LogP contribution is -2.37. The molecule has 0 unspecified atom stereocenters. The van der Waals surface area contributed by atoms with Crippen molar-refractivity contribution in [2.75, 3.05) is 26.3 Å². The van der Waals surface area contributed by atoms with Gasteiger partial charge >= 0.3 is 0 Å². The molecule has 6 nitrogen and oxygen atoms in total. The van der Waals surface area contributed by atoms with E-state index in [9.17, 15) is 0 Å². The molecule has 0 spiro atoms. The molecule has 0 aromatic carbocycles. The summed E-state index contributed by atoms with van der Waals surface area (Å²) in [5, 5.41) is 7.80. The Morgan fingerprint density at radius 3 is 2.64 bits per heavy atom. The SMILES string of the molecule is Cn1nnn(CN2CCOCC2)c1=S. The Hall–Kier alpha value is -0.790. The van der Waals surface area contributed by atoms with Gasteiger partial charge in [-0.1, -0.05) is 0 Å². The molecule has 0 radical (unpaired) electrons. The molecule has 0 atom stereocenters. The van der Waals surface area contributed by atoms with Gasteiger partial charge in [-0.25, -0.2) is 9.36 Å². The smallest absolute Gasteiger partial charge is 0.216 e. The van der Waals surface area contributed by atoms with Gasteiger partial charge in [0.2, 0.25) is 4.77 Å². The lowest BCUT2D eigenvalue weighted by Gasteiger charge is -2.25. The zero-order valence-corrected chi connectivity index (χ0v) is 8.90. The van der Waals surface area contributed by atoms with Crippen LogP contribution in [0.5, 0.6) is 0 Å². The Balaban J connectivity index is 2.02. The monoisotopic (exact) mass is 215 g/mol. The fraction of sp³-hybridized carbons (Fsp3) is 0.857. The molecule has 1 saturated heterocycles. The summed E-state index contributed by atoms with van der Waals surface area (Å²) in [5.74, 6) is 0. The van der Waals surface area contributed by atoms with E-state index in [1.54, 1.807) is 16.4 Å². The second kappa shape index (κ2) is 4.16. The summed E-state index contributed by atoms with van der Waals surface area (Å²) in [7, 11) is 1.80. The second-order valence-corrected chi connectivity index (χ2v) is 3.62. The van der Waals surface area contributed by atoms with E-state index in [0.29, 0.717) is 11.4 Å². The van der Waals surface area contributed by atoms with E-state index in [1.807, 2.05) is 0 Å². The lowest BCUT2D eigenvalue weighted by molar-refractivity contribution is 0.0207. The first-order valence-electron chi connectivity index (χ1n) is 4.54. The highest BCUT2D eigenvalue weighted by Crippen LogP contribution is 1.99. The fourth-order valence-electron chi connectivity index (χ4n) is 1.37. The van der Waals surface area contributed by atoms with E-state index in [0.717, 1.165) is 26.3 Å². The number of nitrogens with zero attached hydrogens (tertiary/aromatic N) is 5. The van der Waals surface area contributed by atoms with E-state index in [2.05, 4.69) is 15.3 Å². The van der Waals surface area contributed by atoms with Crippen molar-refractivity contribution >= 4 is 12.2 Å². The normalized spacial score (nSPS) is 18.6. The Morgan fingerprint density at radius 2 is 2.07 bits per heavy atom. The van der Waals surface area contributed by atoms with Crippen LogP contribution in [0.1, 0.15) is 0 Å². The highest BCUT2D eigenvalue weighted by molar-refractivity contribution is 7.71. The van der Waals surface area contributed by atoms with Crippen LogP contribution in [0.15, 0.2) is 0 Å². The number of hydrogen-bond acceptors (Lipinski definition) is 5. The van der Waals surface area contributed by atoms with Crippen molar-refractivity contribution in [3.8, 4) is 0 Å². The molecule has 1 aromatic rings. The first kappa shape index (κ1) is 9.75.